The number of aromatic nitrogens is 2. The second-order valence-corrected chi connectivity index (χ2v) is 12.2. The van der Waals surface area contributed by atoms with Crippen LogP contribution in [0.5, 0.6) is 0 Å². The van der Waals surface area contributed by atoms with Crippen LogP contribution in [0, 0.1) is 12.8 Å². The van der Waals surface area contributed by atoms with Crippen molar-refractivity contribution in [1.29, 1.82) is 0 Å². The van der Waals surface area contributed by atoms with Crippen LogP contribution in [0.1, 0.15) is 19.0 Å². The molecule has 2 aromatic heterocycles. The molecule has 10 nitrogen and oxygen atoms in total. The van der Waals surface area contributed by atoms with Crippen LogP contribution in [0.3, 0.4) is 0 Å². The summed E-state index contributed by atoms with van der Waals surface area (Å²) in [5.41, 5.74) is 2.41. The monoisotopic (exact) mass is 528 g/mol. The highest BCUT2D eigenvalue weighted by molar-refractivity contribution is 7.91. The van der Waals surface area contributed by atoms with Crippen LogP contribution in [0.2, 0.25) is 0 Å². The van der Waals surface area contributed by atoms with Crippen molar-refractivity contribution in [3.8, 4) is 0 Å². The summed E-state index contributed by atoms with van der Waals surface area (Å²) in [5.74, 6) is -0.667. The molecule has 0 aliphatic carbocycles. The van der Waals surface area contributed by atoms with Crippen LogP contribution in [0.4, 0.5) is 10.8 Å². The standard InChI is InChI=1S/C24H28N6O4S2/c1-16-23(35-24(26-16)27-17(2)31)36(33,34)30-10-8-18(15-30)22(32)29-13-11-28(12-14-29)21-7-9-25-20-6-4-3-5-19(20)21/h3-7,9,18H,8,10-15H2,1-2H3,(H,26,27,31)/t18-/m0/s1. The van der Waals surface area contributed by atoms with Gasteiger partial charge >= 0.3 is 0 Å². The number of nitrogens with zero attached hydrogens (tertiary/aromatic N) is 5. The first kappa shape index (κ1) is 24.6. The number of hydrogen-bond donors (Lipinski definition) is 1. The van der Waals surface area contributed by atoms with Crippen molar-refractivity contribution < 1.29 is 18.0 Å². The summed E-state index contributed by atoms with van der Waals surface area (Å²) < 4.78 is 28.0. The predicted octanol–water partition coefficient (Wildman–Crippen LogP) is 2.32. The number of amides is 2. The Balaban J connectivity index is 1.22. The smallest absolute Gasteiger partial charge is 0.254 e. The molecular weight excluding hydrogens is 500 g/mol. The number of fused-ring (bicyclic) bond motifs is 1. The van der Waals surface area contributed by atoms with E-state index in [2.05, 4.69) is 26.3 Å². The Labute approximate surface area is 214 Å². The number of rotatable bonds is 5. The normalized spacial score (nSPS) is 19.1. The Kier molecular flexibility index (Phi) is 6.66. The zero-order valence-corrected chi connectivity index (χ0v) is 21.8. The SMILES string of the molecule is CC(=O)Nc1nc(C)c(S(=O)(=O)N2CC[C@H](C(=O)N3CCN(c4ccnc5ccccc45)CC3)C2)s1. The largest absolute Gasteiger partial charge is 0.367 e. The van der Waals surface area contributed by atoms with E-state index >= 15 is 0 Å². The molecule has 190 valence electrons. The molecule has 2 fully saturated rings. The molecule has 2 aliphatic rings. The highest BCUT2D eigenvalue weighted by Crippen LogP contribution is 2.33. The minimum absolute atomic E-state index is 0.00639. The van der Waals surface area contributed by atoms with Crippen LogP contribution < -0.4 is 10.2 Å². The summed E-state index contributed by atoms with van der Waals surface area (Å²) in [4.78, 5) is 37.3. The van der Waals surface area contributed by atoms with Crippen molar-refractivity contribution in [2.45, 2.75) is 24.5 Å². The van der Waals surface area contributed by atoms with Gasteiger partial charge in [0.15, 0.2) is 9.34 Å². The lowest BCUT2D eigenvalue weighted by Crippen LogP contribution is -2.50. The molecular formula is C24H28N6O4S2. The van der Waals surface area contributed by atoms with Crippen molar-refractivity contribution in [2.24, 2.45) is 5.92 Å². The molecule has 1 N–H and O–H groups in total. The highest BCUT2D eigenvalue weighted by Gasteiger charge is 2.39. The van der Waals surface area contributed by atoms with Gasteiger partial charge in [-0.15, -0.1) is 0 Å². The number of aryl methyl sites for hydroxylation is 1. The third kappa shape index (κ3) is 4.67. The third-order valence-electron chi connectivity index (χ3n) is 6.67. The molecule has 36 heavy (non-hydrogen) atoms. The second kappa shape index (κ2) is 9.75. The van der Waals surface area contributed by atoms with E-state index in [1.165, 1.54) is 11.2 Å². The minimum Gasteiger partial charge on any atom is -0.367 e. The number of piperazine rings is 1. The van der Waals surface area contributed by atoms with Gasteiger partial charge in [0, 0.05) is 63.5 Å². The minimum atomic E-state index is -3.79. The van der Waals surface area contributed by atoms with Gasteiger partial charge in [-0.25, -0.2) is 13.4 Å². The quantitative estimate of drug-likeness (QED) is 0.540. The van der Waals surface area contributed by atoms with Crippen LogP contribution in [-0.4, -0.2) is 78.7 Å². The van der Waals surface area contributed by atoms with Gasteiger partial charge in [-0.2, -0.15) is 4.31 Å². The Bertz CT molecular complexity index is 1410. The lowest BCUT2D eigenvalue weighted by Gasteiger charge is -2.37. The highest BCUT2D eigenvalue weighted by atomic mass is 32.2. The van der Waals surface area contributed by atoms with Gasteiger partial charge in [0.2, 0.25) is 11.8 Å². The maximum Gasteiger partial charge on any atom is 0.254 e. The molecule has 12 heteroatoms. The second-order valence-electron chi connectivity index (χ2n) is 9.08. The lowest BCUT2D eigenvalue weighted by molar-refractivity contribution is -0.135. The van der Waals surface area contributed by atoms with Crippen LogP contribution in [-0.2, 0) is 19.6 Å². The first-order chi connectivity index (χ1) is 17.2. The lowest BCUT2D eigenvalue weighted by atomic mass is 10.1. The summed E-state index contributed by atoms with van der Waals surface area (Å²) in [6, 6.07) is 10.0. The zero-order chi connectivity index (χ0) is 25.4. The molecule has 2 aliphatic heterocycles. The Morgan fingerprint density at radius 3 is 2.58 bits per heavy atom. The zero-order valence-electron chi connectivity index (χ0n) is 20.2. The summed E-state index contributed by atoms with van der Waals surface area (Å²) >= 11 is 0.940. The number of carbonyl (C=O) groups excluding carboxylic acids is 2. The van der Waals surface area contributed by atoms with Gasteiger partial charge in [0.05, 0.1) is 17.1 Å². The summed E-state index contributed by atoms with van der Waals surface area (Å²) in [7, 11) is -3.79. The van der Waals surface area contributed by atoms with Crippen molar-refractivity contribution >= 4 is 54.9 Å². The topological polar surface area (TPSA) is 116 Å². The van der Waals surface area contributed by atoms with E-state index in [-0.39, 0.29) is 40.2 Å². The number of pyridine rings is 1. The first-order valence-corrected chi connectivity index (χ1v) is 14.1. The number of carbonyl (C=O) groups is 2. The molecule has 0 radical (unpaired) electrons. The van der Waals surface area contributed by atoms with Gasteiger partial charge < -0.3 is 15.1 Å². The molecule has 1 atom stereocenters. The number of hydrogen-bond acceptors (Lipinski definition) is 8. The number of sulfonamides is 1. The fraction of sp³-hybridized carbons (Fsp3) is 0.417. The maximum atomic E-state index is 13.3. The average molecular weight is 529 g/mol. The van der Waals surface area contributed by atoms with E-state index in [4.69, 9.17) is 0 Å². The van der Waals surface area contributed by atoms with Gasteiger partial charge in [0.1, 0.15) is 0 Å². The van der Waals surface area contributed by atoms with Crippen LogP contribution in [0.25, 0.3) is 10.9 Å². The molecule has 3 aromatic rings. The van der Waals surface area contributed by atoms with Crippen LogP contribution >= 0.6 is 11.3 Å². The molecule has 0 bridgehead atoms. The van der Waals surface area contributed by atoms with Gasteiger partial charge in [-0.3, -0.25) is 14.6 Å². The molecule has 0 unspecified atom stereocenters. The summed E-state index contributed by atoms with van der Waals surface area (Å²) in [5, 5.41) is 3.89. The third-order valence-corrected chi connectivity index (χ3v) is 10.2. The Morgan fingerprint density at radius 1 is 1.08 bits per heavy atom. The molecule has 1 aromatic carbocycles. The van der Waals surface area contributed by atoms with Crippen LogP contribution in [0.15, 0.2) is 40.7 Å². The van der Waals surface area contributed by atoms with E-state index in [9.17, 15) is 18.0 Å². The average Bonchev–Trinajstić information content (AvgIpc) is 3.51. The van der Waals surface area contributed by atoms with Crippen molar-refractivity contribution in [2.75, 3.05) is 49.5 Å². The van der Waals surface area contributed by atoms with Gasteiger partial charge in [0.25, 0.3) is 10.0 Å². The van der Waals surface area contributed by atoms with E-state index in [0.717, 1.165) is 27.9 Å². The molecule has 0 spiro atoms. The first-order valence-electron chi connectivity index (χ1n) is 11.9. The molecule has 5 rings (SSSR count). The van der Waals surface area contributed by atoms with E-state index in [1.807, 2.05) is 35.4 Å². The number of benzene rings is 1. The van der Waals surface area contributed by atoms with Crippen molar-refractivity contribution in [1.82, 2.24) is 19.2 Å². The summed E-state index contributed by atoms with van der Waals surface area (Å²) in [6.07, 6.45) is 2.30. The summed E-state index contributed by atoms with van der Waals surface area (Å²) in [6.45, 7) is 6.00. The number of nitrogens with one attached hydrogen (secondary N) is 1. The molecule has 0 saturated carbocycles. The fourth-order valence-corrected chi connectivity index (χ4v) is 7.97. The number of anilines is 2. The molecule has 2 saturated heterocycles. The predicted molar refractivity (Wildman–Crippen MR) is 139 cm³/mol. The molecule has 4 heterocycles. The maximum absolute atomic E-state index is 13.3. The van der Waals surface area contributed by atoms with Crippen molar-refractivity contribution in [3.05, 3.63) is 42.2 Å². The van der Waals surface area contributed by atoms with E-state index in [0.29, 0.717) is 38.3 Å². The fourth-order valence-electron chi connectivity index (χ4n) is 4.87. The number of thiazole rings is 1. The van der Waals surface area contributed by atoms with Gasteiger partial charge in [-0.05, 0) is 25.5 Å². The molecule has 2 amide bonds. The van der Waals surface area contributed by atoms with Gasteiger partial charge in [-0.1, -0.05) is 29.5 Å². The Morgan fingerprint density at radius 2 is 1.83 bits per heavy atom. The number of para-hydroxylation sites is 1. The Hall–Kier alpha value is -3.09. The van der Waals surface area contributed by atoms with E-state index < -0.39 is 10.0 Å². The van der Waals surface area contributed by atoms with E-state index in [1.54, 1.807) is 6.92 Å². The van der Waals surface area contributed by atoms with Crippen molar-refractivity contribution in [3.63, 3.8) is 0 Å².